The Morgan fingerprint density at radius 2 is 1.43 bits per heavy atom. The fourth-order valence-corrected chi connectivity index (χ4v) is 3.29. The first kappa shape index (κ1) is 27.5. The van der Waals surface area contributed by atoms with Crippen molar-refractivity contribution >= 4 is 23.6 Å². The molecule has 0 unspecified atom stereocenters. The molecule has 10 nitrogen and oxygen atoms in total. The van der Waals surface area contributed by atoms with E-state index in [1.54, 1.807) is 24.3 Å². The van der Waals surface area contributed by atoms with Crippen LogP contribution in [0.25, 0.3) is 0 Å². The molecule has 2 rings (SSSR count). The number of carbonyl (C=O) groups excluding carboxylic acids is 4. The van der Waals surface area contributed by atoms with Gasteiger partial charge in [-0.15, -0.1) is 0 Å². The Labute approximate surface area is 204 Å². The van der Waals surface area contributed by atoms with Crippen molar-refractivity contribution < 1.29 is 29.0 Å². The van der Waals surface area contributed by atoms with Crippen LogP contribution in [-0.2, 0) is 43.4 Å². The molecule has 0 aliphatic rings. The summed E-state index contributed by atoms with van der Waals surface area (Å²) in [5.74, 6) is -1.64. The summed E-state index contributed by atoms with van der Waals surface area (Å²) in [6, 6.07) is 14.5. The van der Waals surface area contributed by atoms with E-state index < -0.39 is 36.4 Å². The molecule has 35 heavy (non-hydrogen) atoms. The van der Waals surface area contributed by atoms with Crippen molar-refractivity contribution in [3.05, 3.63) is 71.3 Å². The number of nitrogens with one attached hydrogen (secondary N) is 4. The molecule has 10 heteroatoms. The lowest BCUT2D eigenvalue weighted by Crippen LogP contribution is -2.49. The van der Waals surface area contributed by atoms with E-state index in [9.17, 15) is 24.3 Å². The monoisotopic (exact) mass is 484 g/mol. The van der Waals surface area contributed by atoms with Gasteiger partial charge in [-0.3, -0.25) is 19.2 Å². The van der Waals surface area contributed by atoms with Crippen LogP contribution < -0.4 is 21.3 Å². The number of amides is 4. The van der Waals surface area contributed by atoms with Gasteiger partial charge in [-0.05, 0) is 16.7 Å². The molecule has 0 aromatic heterocycles. The molecule has 0 fully saturated rings. The molecule has 0 aliphatic carbocycles. The average molecular weight is 485 g/mol. The van der Waals surface area contributed by atoms with E-state index in [0.29, 0.717) is 5.56 Å². The van der Waals surface area contributed by atoms with Gasteiger partial charge >= 0.3 is 0 Å². The molecule has 2 aromatic rings. The van der Waals surface area contributed by atoms with E-state index in [4.69, 9.17) is 4.74 Å². The van der Waals surface area contributed by atoms with Crippen LogP contribution in [0.2, 0.25) is 0 Å². The van der Waals surface area contributed by atoms with E-state index in [1.807, 2.05) is 30.3 Å². The predicted molar refractivity (Wildman–Crippen MR) is 129 cm³/mol. The van der Waals surface area contributed by atoms with Crippen LogP contribution in [0.15, 0.2) is 54.6 Å². The lowest BCUT2D eigenvalue weighted by atomic mass is 10.1. The molecule has 0 spiro atoms. The summed E-state index contributed by atoms with van der Waals surface area (Å²) in [6.07, 6.45) is -0.0115. The fourth-order valence-electron chi connectivity index (χ4n) is 3.29. The van der Waals surface area contributed by atoms with Crippen LogP contribution in [0.3, 0.4) is 0 Å². The predicted octanol–water partition coefficient (Wildman–Crippen LogP) is -0.210. The van der Waals surface area contributed by atoms with Crippen LogP contribution in [0, 0.1) is 0 Å². The van der Waals surface area contributed by atoms with Crippen molar-refractivity contribution in [2.75, 3.05) is 20.3 Å². The Morgan fingerprint density at radius 1 is 0.829 bits per heavy atom. The molecule has 0 saturated carbocycles. The highest BCUT2D eigenvalue weighted by atomic mass is 16.5. The van der Waals surface area contributed by atoms with Crippen LogP contribution in [-0.4, -0.2) is 61.1 Å². The van der Waals surface area contributed by atoms with Gasteiger partial charge in [0.15, 0.2) is 0 Å². The summed E-state index contributed by atoms with van der Waals surface area (Å²) in [5, 5.41) is 20.1. The molecule has 5 N–H and O–H groups in total. The third-order valence-corrected chi connectivity index (χ3v) is 4.99. The van der Waals surface area contributed by atoms with Crippen molar-refractivity contribution in [1.29, 1.82) is 0 Å². The zero-order valence-corrected chi connectivity index (χ0v) is 19.9. The topological polar surface area (TPSA) is 146 Å². The third-order valence-electron chi connectivity index (χ3n) is 4.99. The summed E-state index contributed by atoms with van der Waals surface area (Å²) in [4.78, 5) is 48.4. The second-order valence-electron chi connectivity index (χ2n) is 7.93. The number of rotatable bonds is 13. The SMILES string of the molecule is COC[C@H](NC(C)=O)C(=O)NCc1cccc(CC(=O)N[C@@H](CO)C(=O)NCc2ccccc2)c1. The largest absolute Gasteiger partial charge is 0.394 e. The Bertz CT molecular complexity index is 998. The zero-order valence-electron chi connectivity index (χ0n) is 19.9. The number of aliphatic hydroxyl groups excluding tert-OH is 1. The smallest absolute Gasteiger partial charge is 0.245 e. The van der Waals surface area contributed by atoms with Crippen LogP contribution in [0.1, 0.15) is 23.6 Å². The van der Waals surface area contributed by atoms with Crippen LogP contribution in [0.4, 0.5) is 0 Å². The molecule has 0 radical (unpaired) electrons. The van der Waals surface area contributed by atoms with Crippen molar-refractivity contribution in [3.8, 4) is 0 Å². The molecular weight excluding hydrogens is 452 g/mol. The maximum atomic E-state index is 12.5. The number of hydrogen-bond acceptors (Lipinski definition) is 6. The lowest BCUT2D eigenvalue weighted by Gasteiger charge is -2.17. The minimum absolute atomic E-state index is 0.0115. The lowest BCUT2D eigenvalue weighted by molar-refractivity contribution is -0.129. The van der Waals surface area contributed by atoms with Gasteiger partial charge in [0, 0.05) is 27.1 Å². The first-order valence-electron chi connectivity index (χ1n) is 11.2. The Kier molecular flexibility index (Phi) is 11.4. The van der Waals surface area contributed by atoms with Gasteiger partial charge in [-0.2, -0.15) is 0 Å². The van der Waals surface area contributed by atoms with Crippen molar-refractivity contribution in [1.82, 2.24) is 21.3 Å². The third kappa shape index (κ3) is 9.95. The number of aliphatic hydroxyl groups is 1. The first-order valence-corrected chi connectivity index (χ1v) is 11.2. The van der Waals surface area contributed by atoms with Crippen molar-refractivity contribution in [2.45, 2.75) is 38.5 Å². The summed E-state index contributed by atoms with van der Waals surface area (Å²) >= 11 is 0. The standard InChI is InChI=1S/C25H32N4O6/c1-17(31)28-22(16-35-2)25(34)27-14-20-10-6-9-19(11-20)12-23(32)29-21(15-30)24(33)26-13-18-7-4-3-5-8-18/h3-11,21-22,30H,12-16H2,1-2H3,(H,26,33)(H,27,34)(H,28,31)(H,29,32)/t21-,22-/m0/s1. The van der Waals surface area contributed by atoms with Gasteiger partial charge in [0.05, 0.1) is 19.6 Å². The highest BCUT2D eigenvalue weighted by Gasteiger charge is 2.20. The summed E-state index contributed by atoms with van der Waals surface area (Å²) < 4.78 is 4.97. The van der Waals surface area contributed by atoms with Crippen molar-refractivity contribution in [2.24, 2.45) is 0 Å². The van der Waals surface area contributed by atoms with Gasteiger partial charge in [-0.1, -0.05) is 54.6 Å². The van der Waals surface area contributed by atoms with Crippen LogP contribution >= 0.6 is 0 Å². The zero-order chi connectivity index (χ0) is 25.6. The quantitative estimate of drug-likeness (QED) is 0.266. The van der Waals surface area contributed by atoms with E-state index in [1.165, 1.54) is 14.0 Å². The van der Waals surface area contributed by atoms with E-state index >= 15 is 0 Å². The molecule has 0 saturated heterocycles. The van der Waals surface area contributed by atoms with E-state index in [0.717, 1.165) is 11.1 Å². The molecule has 0 aliphatic heterocycles. The van der Waals surface area contributed by atoms with Gasteiger partial charge in [0.1, 0.15) is 12.1 Å². The molecular formula is C25H32N4O6. The summed E-state index contributed by atoms with van der Waals surface area (Å²) in [6.45, 7) is 1.30. The average Bonchev–Trinajstić information content (AvgIpc) is 2.84. The highest BCUT2D eigenvalue weighted by Crippen LogP contribution is 2.07. The molecule has 0 bridgehead atoms. The second kappa shape index (κ2) is 14.5. The molecule has 0 heterocycles. The molecule has 4 amide bonds. The maximum absolute atomic E-state index is 12.5. The number of methoxy groups -OCH3 is 1. The van der Waals surface area contributed by atoms with E-state index in [-0.39, 0.29) is 32.0 Å². The number of hydrogen-bond donors (Lipinski definition) is 5. The van der Waals surface area contributed by atoms with E-state index in [2.05, 4.69) is 21.3 Å². The molecule has 188 valence electrons. The molecule has 2 atom stereocenters. The Balaban J connectivity index is 1.87. The number of carbonyl (C=O) groups is 4. The minimum atomic E-state index is -1.07. The Morgan fingerprint density at radius 3 is 2.06 bits per heavy atom. The molecule has 2 aromatic carbocycles. The summed E-state index contributed by atoms with van der Waals surface area (Å²) in [7, 11) is 1.44. The van der Waals surface area contributed by atoms with Gasteiger partial charge in [0.25, 0.3) is 0 Å². The van der Waals surface area contributed by atoms with Gasteiger partial charge in [0.2, 0.25) is 23.6 Å². The second-order valence-corrected chi connectivity index (χ2v) is 7.93. The Hall–Kier alpha value is -3.76. The normalized spacial score (nSPS) is 12.2. The van der Waals surface area contributed by atoms with Gasteiger partial charge < -0.3 is 31.1 Å². The first-order chi connectivity index (χ1) is 16.8. The van der Waals surface area contributed by atoms with Crippen LogP contribution in [0.5, 0.6) is 0 Å². The number of ether oxygens (including phenoxy) is 1. The van der Waals surface area contributed by atoms with Gasteiger partial charge in [-0.25, -0.2) is 0 Å². The minimum Gasteiger partial charge on any atom is -0.394 e. The van der Waals surface area contributed by atoms with Crippen molar-refractivity contribution in [3.63, 3.8) is 0 Å². The summed E-state index contributed by atoms with van der Waals surface area (Å²) in [5.41, 5.74) is 2.33. The fraction of sp³-hybridized carbons (Fsp3) is 0.360. The maximum Gasteiger partial charge on any atom is 0.245 e. The highest BCUT2D eigenvalue weighted by molar-refractivity contribution is 5.88. The number of benzene rings is 2.